The molecule has 4 nitrogen and oxygen atoms in total. The maximum atomic E-state index is 11.9. The monoisotopic (exact) mass is 253 g/mol. The molecule has 0 saturated heterocycles. The van der Waals surface area contributed by atoms with Crippen molar-refractivity contribution in [2.45, 2.75) is 44.3 Å². The molecule has 1 amide bonds. The SMILES string of the molecule is O=C(CCC(F)(F)F)N[C@H]1CCC[C@H]1C(=O)O. The predicted molar refractivity (Wildman–Crippen MR) is 52.2 cm³/mol. The van der Waals surface area contributed by atoms with Crippen LogP contribution in [0.2, 0.25) is 0 Å². The fraction of sp³-hybridized carbons (Fsp3) is 0.800. The van der Waals surface area contributed by atoms with E-state index in [1.807, 2.05) is 0 Å². The zero-order chi connectivity index (χ0) is 13.1. The van der Waals surface area contributed by atoms with Crippen molar-refractivity contribution in [3.8, 4) is 0 Å². The van der Waals surface area contributed by atoms with Crippen LogP contribution in [0.3, 0.4) is 0 Å². The first-order chi connectivity index (χ1) is 7.79. The Kier molecular flexibility index (Phi) is 4.36. The molecule has 0 bridgehead atoms. The van der Waals surface area contributed by atoms with Gasteiger partial charge in [-0.1, -0.05) is 6.42 Å². The molecule has 1 fully saturated rings. The minimum absolute atomic E-state index is 0.458. The molecule has 17 heavy (non-hydrogen) atoms. The molecule has 0 unspecified atom stereocenters. The second-order valence-electron chi connectivity index (χ2n) is 4.16. The van der Waals surface area contributed by atoms with Gasteiger partial charge in [-0.25, -0.2) is 0 Å². The maximum absolute atomic E-state index is 11.9. The highest BCUT2D eigenvalue weighted by Gasteiger charge is 2.34. The van der Waals surface area contributed by atoms with E-state index in [9.17, 15) is 22.8 Å². The van der Waals surface area contributed by atoms with Gasteiger partial charge >= 0.3 is 12.1 Å². The smallest absolute Gasteiger partial charge is 0.389 e. The van der Waals surface area contributed by atoms with Gasteiger partial charge in [-0.05, 0) is 12.8 Å². The van der Waals surface area contributed by atoms with Crippen molar-refractivity contribution < 1.29 is 27.9 Å². The molecule has 1 aliphatic carbocycles. The van der Waals surface area contributed by atoms with E-state index in [-0.39, 0.29) is 0 Å². The number of carboxylic acid groups (broad SMARTS) is 1. The molecule has 2 atom stereocenters. The van der Waals surface area contributed by atoms with E-state index in [2.05, 4.69) is 5.32 Å². The Morgan fingerprint density at radius 3 is 2.47 bits per heavy atom. The van der Waals surface area contributed by atoms with E-state index < -0.39 is 42.9 Å². The average molecular weight is 253 g/mol. The third kappa shape index (κ3) is 4.62. The van der Waals surface area contributed by atoms with Gasteiger partial charge in [0.25, 0.3) is 0 Å². The van der Waals surface area contributed by atoms with Crippen LogP contribution in [-0.2, 0) is 9.59 Å². The van der Waals surface area contributed by atoms with Gasteiger partial charge in [-0.2, -0.15) is 13.2 Å². The van der Waals surface area contributed by atoms with Crippen molar-refractivity contribution in [3.63, 3.8) is 0 Å². The molecule has 7 heteroatoms. The Morgan fingerprint density at radius 2 is 1.94 bits per heavy atom. The Labute approximate surface area is 96.2 Å². The Hall–Kier alpha value is -1.27. The summed E-state index contributed by atoms with van der Waals surface area (Å²) in [7, 11) is 0. The fourth-order valence-electron chi connectivity index (χ4n) is 1.96. The second-order valence-corrected chi connectivity index (χ2v) is 4.16. The number of carbonyl (C=O) groups is 2. The predicted octanol–water partition coefficient (Wildman–Crippen LogP) is 1.70. The average Bonchev–Trinajstić information content (AvgIpc) is 2.62. The molecule has 1 rings (SSSR count). The lowest BCUT2D eigenvalue weighted by Gasteiger charge is -2.17. The van der Waals surface area contributed by atoms with E-state index >= 15 is 0 Å². The molecule has 1 saturated carbocycles. The number of hydrogen-bond donors (Lipinski definition) is 2. The third-order valence-electron chi connectivity index (χ3n) is 2.82. The van der Waals surface area contributed by atoms with Gasteiger partial charge in [0.2, 0.25) is 5.91 Å². The second kappa shape index (κ2) is 5.37. The summed E-state index contributed by atoms with van der Waals surface area (Å²) in [4.78, 5) is 22.0. The van der Waals surface area contributed by atoms with E-state index in [0.29, 0.717) is 19.3 Å². The Bertz CT molecular complexity index is 304. The van der Waals surface area contributed by atoms with Gasteiger partial charge < -0.3 is 10.4 Å². The zero-order valence-electron chi connectivity index (χ0n) is 9.09. The van der Waals surface area contributed by atoms with Gasteiger partial charge in [0, 0.05) is 12.5 Å². The van der Waals surface area contributed by atoms with Crippen LogP contribution in [0.4, 0.5) is 13.2 Å². The largest absolute Gasteiger partial charge is 0.481 e. The molecule has 1 aliphatic rings. The van der Waals surface area contributed by atoms with Gasteiger partial charge in [0.15, 0.2) is 0 Å². The van der Waals surface area contributed by atoms with Gasteiger partial charge in [0.05, 0.1) is 12.3 Å². The van der Waals surface area contributed by atoms with Gasteiger partial charge in [-0.15, -0.1) is 0 Å². The highest BCUT2D eigenvalue weighted by molar-refractivity contribution is 5.78. The summed E-state index contributed by atoms with van der Waals surface area (Å²) in [5.74, 6) is -2.42. The molecule has 0 radical (unpaired) electrons. The lowest BCUT2D eigenvalue weighted by molar-refractivity contribution is -0.146. The first-order valence-electron chi connectivity index (χ1n) is 5.38. The lowest BCUT2D eigenvalue weighted by atomic mass is 10.0. The van der Waals surface area contributed by atoms with Crippen LogP contribution in [0.5, 0.6) is 0 Å². The van der Waals surface area contributed by atoms with Crippen LogP contribution in [0.25, 0.3) is 0 Å². The van der Waals surface area contributed by atoms with E-state index in [0.717, 1.165) is 0 Å². The molecule has 0 aliphatic heterocycles. The normalized spacial score (nSPS) is 24.6. The highest BCUT2D eigenvalue weighted by Crippen LogP contribution is 2.26. The topological polar surface area (TPSA) is 66.4 Å². The van der Waals surface area contributed by atoms with E-state index in [1.54, 1.807) is 0 Å². The molecule has 2 N–H and O–H groups in total. The number of amides is 1. The number of carboxylic acids is 1. The molecule has 0 heterocycles. The summed E-state index contributed by atoms with van der Waals surface area (Å²) in [6, 6.07) is -0.534. The minimum Gasteiger partial charge on any atom is -0.481 e. The number of nitrogens with one attached hydrogen (secondary N) is 1. The number of aliphatic carboxylic acids is 1. The van der Waals surface area contributed by atoms with Crippen LogP contribution in [-0.4, -0.2) is 29.2 Å². The van der Waals surface area contributed by atoms with E-state index in [4.69, 9.17) is 5.11 Å². The summed E-state index contributed by atoms with van der Waals surface area (Å²) in [5.41, 5.74) is 0. The quantitative estimate of drug-likeness (QED) is 0.801. The molecule has 98 valence electrons. The number of rotatable bonds is 4. The fourth-order valence-corrected chi connectivity index (χ4v) is 1.96. The van der Waals surface area contributed by atoms with Crippen LogP contribution in [0.1, 0.15) is 32.1 Å². The van der Waals surface area contributed by atoms with Crippen molar-refractivity contribution >= 4 is 11.9 Å². The Balaban J connectivity index is 2.38. The Morgan fingerprint density at radius 1 is 1.29 bits per heavy atom. The number of halogens is 3. The molecule has 0 aromatic rings. The van der Waals surface area contributed by atoms with Crippen molar-refractivity contribution in [2.75, 3.05) is 0 Å². The minimum atomic E-state index is -4.36. The van der Waals surface area contributed by atoms with Gasteiger partial charge in [0.1, 0.15) is 0 Å². The van der Waals surface area contributed by atoms with Crippen LogP contribution >= 0.6 is 0 Å². The van der Waals surface area contributed by atoms with Crippen molar-refractivity contribution in [1.82, 2.24) is 5.32 Å². The molecular formula is C10H14F3NO3. The van der Waals surface area contributed by atoms with Crippen LogP contribution in [0.15, 0.2) is 0 Å². The summed E-state index contributed by atoms with van der Waals surface area (Å²) in [6.07, 6.45) is -4.55. The number of carbonyl (C=O) groups excluding carboxylic acids is 1. The first kappa shape index (κ1) is 13.8. The summed E-state index contributed by atoms with van der Waals surface area (Å²) in [6.45, 7) is 0. The standard InChI is InChI=1S/C10H14F3NO3/c11-10(12,13)5-4-8(15)14-7-3-1-2-6(7)9(16)17/h6-7H,1-5H2,(H,14,15)(H,16,17)/t6-,7+/m1/s1. The van der Waals surface area contributed by atoms with Crippen molar-refractivity contribution in [2.24, 2.45) is 5.92 Å². The summed E-state index contributed by atoms with van der Waals surface area (Å²) in [5, 5.41) is 11.2. The molecule has 0 aromatic heterocycles. The highest BCUT2D eigenvalue weighted by atomic mass is 19.4. The molecule has 0 spiro atoms. The first-order valence-corrected chi connectivity index (χ1v) is 5.38. The number of alkyl halides is 3. The summed E-state index contributed by atoms with van der Waals surface area (Å²) < 4.78 is 35.6. The van der Waals surface area contributed by atoms with E-state index in [1.165, 1.54) is 0 Å². The van der Waals surface area contributed by atoms with Crippen LogP contribution in [0, 0.1) is 5.92 Å². The maximum Gasteiger partial charge on any atom is 0.389 e. The van der Waals surface area contributed by atoms with Crippen molar-refractivity contribution in [3.05, 3.63) is 0 Å². The number of hydrogen-bond acceptors (Lipinski definition) is 2. The van der Waals surface area contributed by atoms with Crippen molar-refractivity contribution in [1.29, 1.82) is 0 Å². The summed E-state index contributed by atoms with van der Waals surface area (Å²) >= 11 is 0. The zero-order valence-corrected chi connectivity index (χ0v) is 9.09. The van der Waals surface area contributed by atoms with Crippen LogP contribution < -0.4 is 5.32 Å². The van der Waals surface area contributed by atoms with Gasteiger partial charge in [-0.3, -0.25) is 9.59 Å². The molecule has 0 aromatic carbocycles. The third-order valence-corrected chi connectivity index (χ3v) is 2.82. The lowest BCUT2D eigenvalue weighted by Crippen LogP contribution is -2.40. The molecular weight excluding hydrogens is 239 g/mol.